The average Bonchev–Trinajstić information content (AvgIpc) is 2.90. The molecule has 0 bridgehead atoms. The molecule has 184 valence electrons. The summed E-state index contributed by atoms with van der Waals surface area (Å²) < 4.78 is 32.1. The number of rotatable bonds is 7. The van der Waals surface area contributed by atoms with E-state index in [-0.39, 0.29) is 17.2 Å². The largest absolute Gasteiger partial charge is 0.478 e. The van der Waals surface area contributed by atoms with E-state index in [1.807, 2.05) is 18.2 Å². The predicted molar refractivity (Wildman–Crippen MR) is 136 cm³/mol. The summed E-state index contributed by atoms with van der Waals surface area (Å²) >= 11 is 0. The van der Waals surface area contributed by atoms with Crippen molar-refractivity contribution in [3.8, 4) is 0 Å². The van der Waals surface area contributed by atoms with Gasteiger partial charge in [0.05, 0.1) is 35.7 Å². The van der Waals surface area contributed by atoms with E-state index in [9.17, 15) is 18.3 Å². The van der Waals surface area contributed by atoms with Gasteiger partial charge in [-0.1, -0.05) is 12.1 Å². The molecule has 1 fully saturated rings. The highest BCUT2D eigenvalue weighted by Gasteiger charge is 2.31. The number of carboxylic acid groups (broad SMARTS) is 1. The summed E-state index contributed by atoms with van der Waals surface area (Å²) in [5, 5.41) is 18.6. The van der Waals surface area contributed by atoms with Crippen LogP contribution in [0.2, 0.25) is 0 Å². The van der Waals surface area contributed by atoms with Crippen LogP contribution in [0.25, 0.3) is 10.9 Å². The number of carboxylic acids is 1. The maximum Gasteiger partial charge on any atom is 0.337 e. The van der Waals surface area contributed by atoms with Gasteiger partial charge in [0, 0.05) is 35.7 Å². The Morgan fingerprint density at radius 2 is 1.81 bits per heavy atom. The van der Waals surface area contributed by atoms with Crippen LogP contribution in [0, 0.1) is 0 Å². The Kier molecular flexibility index (Phi) is 6.51. The zero-order valence-electron chi connectivity index (χ0n) is 19.0. The van der Waals surface area contributed by atoms with Gasteiger partial charge >= 0.3 is 5.97 Å². The van der Waals surface area contributed by atoms with Gasteiger partial charge in [-0.25, -0.2) is 18.2 Å². The highest BCUT2D eigenvalue weighted by molar-refractivity contribution is 7.92. The monoisotopic (exact) mass is 505 g/mol. The lowest BCUT2D eigenvalue weighted by atomic mass is 10.1. The van der Waals surface area contributed by atoms with Crippen molar-refractivity contribution in [1.29, 1.82) is 0 Å². The zero-order chi connectivity index (χ0) is 25.1. The number of sulfone groups is 1. The second kappa shape index (κ2) is 9.90. The molecule has 0 saturated carbocycles. The van der Waals surface area contributed by atoms with Gasteiger partial charge in [0.2, 0.25) is 9.84 Å². The van der Waals surface area contributed by atoms with Crippen molar-refractivity contribution in [3.05, 3.63) is 78.6 Å². The predicted octanol–water partition coefficient (Wildman–Crippen LogP) is 3.53. The molecule has 11 heteroatoms. The van der Waals surface area contributed by atoms with Crippen LogP contribution in [0.5, 0.6) is 0 Å². The number of benzene rings is 2. The lowest BCUT2D eigenvalue weighted by molar-refractivity contribution is 0.0698. The summed E-state index contributed by atoms with van der Waals surface area (Å²) in [6.07, 6.45) is 3.34. The minimum atomic E-state index is -3.88. The van der Waals surface area contributed by atoms with Crippen LogP contribution in [0.1, 0.15) is 10.4 Å². The number of para-hydroxylation sites is 1. The molecule has 0 radical (unpaired) electrons. The highest BCUT2D eigenvalue weighted by Crippen LogP contribution is 2.33. The van der Waals surface area contributed by atoms with Crippen molar-refractivity contribution < 1.29 is 23.1 Å². The molecule has 2 aromatic carbocycles. The number of fused-ring (bicyclic) bond motifs is 1. The molecule has 0 aliphatic carbocycles. The third kappa shape index (κ3) is 4.85. The van der Waals surface area contributed by atoms with Gasteiger partial charge in [0.15, 0.2) is 5.03 Å². The molecule has 4 N–H and O–H groups in total. The smallest absolute Gasteiger partial charge is 0.337 e. The minimum Gasteiger partial charge on any atom is -0.478 e. The SMILES string of the molecule is O=C(O)c1ccccc1Nc1cc(S(=O)(=O)C2COCCN2)nc2ccc(Nc3ccncc3)cc12. The molecule has 1 atom stereocenters. The molecule has 3 heterocycles. The number of nitrogens with zero attached hydrogens (tertiary/aromatic N) is 2. The fraction of sp³-hybridized carbons (Fsp3) is 0.160. The highest BCUT2D eigenvalue weighted by atomic mass is 32.2. The molecular weight excluding hydrogens is 482 g/mol. The maximum atomic E-state index is 13.4. The molecule has 36 heavy (non-hydrogen) atoms. The molecule has 2 aromatic heterocycles. The standard InChI is InChI=1S/C25H23N5O5S/c31-25(32)18-3-1-2-4-20(18)29-22-14-23(36(33,34)24-15-35-12-11-27-24)30-21-6-5-17(13-19(21)22)28-16-7-9-26-10-8-16/h1-10,13-14,24,27H,11-12,15H2,(H,26,28)(H,29,30)(H,31,32). The van der Waals surface area contributed by atoms with E-state index in [4.69, 9.17) is 4.74 Å². The summed E-state index contributed by atoms with van der Waals surface area (Å²) in [4.78, 5) is 20.2. The third-order valence-electron chi connectivity index (χ3n) is 5.73. The van der Waals surface area contributed by atoms with E-state index in [1.54, 1.807) is 42.7 Å². The topological polar surface area (TPSA) is 143 Å². The van der Waals surface area contributed by atoms with Gasteiger partial charge in [-0.3, -0.25) is 10.3 Å². The van der Waals surface area contributed by atoms with E-state index < -0.39 is 21.2 Å². The Bertz CT molecular complexity index is 1520. The summed E-state index contributed by atoms with van der Waals surface area (Å²) in [5.41, 5.74) is 2.78. The van der Waals surface area contributed by atoms with Crippen molar-refractivity contribution >= 4 is 49.5 Å². The fourth-order valence-corrected chi connectivity index (χ4v) is 5.35. The Labute approximate surface area is 207 Å². The second-order valence-corrected chi connectivity index (χ2v) is 10.2. The molecule has 5 rings (SSSR count). The van der Waals surface area contributed by atoms with Crippen LogP contribution in [0.15, 0.2) is 78.1 Å². The summed E-state index contributed by atoms with van der Waals surface area (Å²) in [5.74, 6) is -1.10. The van der Waals surface area contributed by atoms with E-state index in [2.05, 4.69) is 25.9 Å². The van der Waals surface area contributed by atoms with Crippen LogP contribution in [-0.2, 0) is 14.6 Å². The molecule has 10 nitrogen and oxygen atoms in total. The summed E-state index contributed by atoms with van der Waals surface area (Å²) in [6, 6.07) is 16.8. The van der Waals surface area contributed by atoms with Gasteiger partial charge in [0.25, 0.3) is 0 Å². The average molecular weight is 506 g/mol. The number of carbonyl (C=O) groups is 1. The summed E-state index contributed by atoms with van der Waals surface area (Å²) in [7, 11) is -3.88. The van der Waals surface area contributed by atoms with Gasteiger partial charge < -0.3 is 20.5 Å². The number of aromatic carboxylic acids is 1. The van der Waals surface area contributed by atoms with Crippen LogP contribution < -0.4 is 16.0 Å². The molecule has 1 unspecified atom stereocenters. The molecule has 0 amide bonds. The van der Waals surface area contributed by atoms with Crippen molar-refractivity contribution in [2.45, 2.75) is 10.4 Å². The number of aromatic nitrogens is 2. The molecule has 0 spiro atoms. The fourth-order valence-electron chi connectivity index (χ4n) is 3.94. The first-order valence-electron chi connectivity index (χ1n) is 11.2. The number of hydrogen-bond acceptors (Lipinski definition) is 9. The molecule has 1 aliphatic heterocycles. The maximum absolute atomic E-state index is 13.4. The Morgan fingerprint density at radius 3 is 2.56 bits per heavy atom. The van der Waals surface area contributed by atoms with Crippen LogP contribution in [0.4, 0.5) is 22.7 Å². The second-order valence-electron chi connectivity index (χ2n) is 8.14. The molecule has 4 aromatic rings. The number of anilines is 4. The Hall–Kier alpha value is -4.06. The minimum absolute atomic E-state index is 0.0153. The molecule has 1 aliphatic rings. The summed E-state index contributed by atoms with van der Waals surface area (Å²) in [6.45, 7) is 0.864. The number of nitrogens with one attached hydrogen (secondary N) is 3. The van der Waals surface area contributed by atoms with E-state index in [1.165, 1.54) is 12.1 Å². The van der Waals surface area contributed by atoms with Gasteiger partial charge in [-0.05, 0) is 48.5 Å². The first-order valence-corrected chi connectivity index (χ1v) is 12.7. The van der Waals surface area contributed by atoms with E-state index in [0.29, 0.717) is 35.4 Å². The first-order chi connectivity index (χ1) is 17.4. The molecular formula is C25H23N5O5S. The van der Waals surface area contributed by atoms with Gasteiger partial charge in [0.1, 0.15) is 5.37 Å². The van der Waals surface area contributed by atoms with E-state index >= 15 is 0 Å². The van der Waals surface area contributed by atoms with Crippen LogP contribution >= 0.6 is 0 Å². The number of ether oxygens (including phenoxy) is 1. The third-order valence-corrected chi connectivity index (χ3v) is 7.58. The number of hydrogen-bond donors (Lipinski definition) is 4. The molecule has 1 saturated heterocycles. The Morgan fingerprint density at radius 1 is 1.00 bits per heavy atom. The van der Waals surface area contributed by atoms with E-state index in [0.717, 1.165) is 11.4 Å². The zero-order valence-corrected chi connectivity index (χ0v) is 19.8. The van der Waals surface area contributed by atoms with Crippen LogP contribution in [0.3, 0.4) is 0 Å². The van der Waals surface area contributed by atoms with Crippen molar-refractivity contribution in [2.24, 2.45) is 0 Å². The van der Waals surface area contributed by atoms with Crippen molar-refractivity contribution in [1.82, 2.24) is 15.3 Å². The normalized spacial score (nSPS) is 15.9. The first kappa shape index (κ1) is 23.7. The van der Waals surface area contributed by atoms with Gasteiger partial charge in [-0.2, -0.15) is 0 Å². The lowest BCUT2D eigenvalue weighted by Crippen LogP contribution is -2.46. The van der Waals surface area contributed by atoms with Crippen molar-refractivity contribution in [2.75, 3.05) is 30.4 Å². The van der Waals surface area contributed by atoms with Crippen LogP contribution in [-0.4, -0.2) is 54.6 Å². The number of morpholine rings is 1. The lowest BCUT2D eigenvalue weighted by Gasteiger charge is -2.24. The van der Waals surface area contributed by atoms with Crippen molar-refractivity contribution in [3.63, 3.8) is 0 Å². The number of pyridine rings is 2. The quantitative estimate of drug-likeness (QED) is 0.294. The van der Waals surface area contributed by atoms with Gasteiger partial charge in [-0.15, -0.1) is 0 Å². The Balaban J connectivity index is 1.63.